The van der Waals surface area contributed by atoms with Crippen LogP contribution in [0.25, 0.3) is 0 Å². The lowest BCUT2D eigenvalue weighted by Crippen LogP contribution is -2.33. The van der Waals surface area contributed by atoms with Crippen molar-refractivity contribution in [3.8, 4) is 5.75 Å². The molecule has 1 rings (SSSR count). The van der Waals surface area contributed by atoms with E-state index in [1.807, 2.05) is 19.9 Å². The van der Waals surface area contributed by atoms with Crippen LogP contribution in [0, 0.1) is 5.82 Å². The number of halogens is 1. The largest absolute Gasteiger partial charge is 0.494 e. The number of nitrogens with two attached hydrogens (primary N) is 1. The molecule has 0 radical (unpaired) electrons. The van der Waals surface area contributed by atoms with Crippen LogP contribution >= 0.6 is 0 Å². The van der Waals surface area contributed by atoms with Crippen molar-refractivity contribution in [2.75, 3.05) is 13.7 Å². The molecule has 0 aliphatic rings. The lowest BCUT2D eigenvalue weighted by atomic mass is 10.1. The van der Waals surface area contributed by atoms with Gasteiger partial charge in [0.2, 0.25) is 0 Å². The first kappa shape index (κ1) is 16.2. The van der Waals surface area contributed by atoms with Crippen molar-refractivity contribution in [2.45, 2.75) is 32.9 Å². The van der Waals surface area contributed by atoms with E-state index >= 15 is 0 Å². The summed E-state index contributed by atoms with van der Waals surface area (Å²) >= 11 is 0. The highest BCUT2D eigenvalue weighted by atomic mass is 19.1. The highest BCUT2D eigenvalue weighted by Gasteiger charge is 2.12. The molecule has 0 aliphatic heterocycles. The summed E-state index contributed by atoms with van der Waals surface area (Å²) in [6.45, 7) is 5.33. The van der Waals surface area contributed by atoms with Crippen molar-refractivity contribution < 1.29 is 14.3 Å². The molecule has 112 valence electrons. The fraction of sp³-hybridized carbons (Fsp3) is 0.500. The van der Waals surface area contributed by atoms with Crippen molar-refractivity contribution >= 4 is 5.84 Å². The predicted molar refractivity (Wildman–Crippen MR) is 76.5 cm³/mol. The van der Waals surface area contributed by atoms with Crippen LogP contribution < -0.4 is 10.5 Å². The quantitative estimate of drug-likeness (QED) is 0.348. The van der Waals surface area contributed by atoms with Crippen LogP contribution in [0.2, 0.25) is 0 Å². The van der Waals surface area contributed by atoms with E-state index in [1.54, 1.807) is 6.07 Å². The number of amidine groups is 1. The molecule has 20 heavy (non-hydrogen) atoms. The van der Waals surface area contributed by atoms with Crippen molar-refractivity contribution in [1.29, 1.82) is 0 Å². The number of oxime groups is 1. The Morgan fingerprint density at radius 3 is 2.70 bits per heavy atom. The summed E-state index contributed by atoms with van der Waals surface area (Å²) in [7, 11) is 1.44. The monoisotopic (exact) mass is 283 g/mol. The van der Waals surface area contributed by atoms with Gasteiger partial charge in [0.15, 0.2) is 11.6 Å². The van der Waals surface area contributed by atoms with Crippen molar-refractivity contribution in [2.24, 2.45) is 10.9 Å². The first-order valence-electron chi connectivity index (χ1n) is 6.50. The Hall–Kier alpha value is -1.82. The van der Waals surface area contributed by atoms with E-state index in [1.165, 1.54) is 13.2 Å². The molecule has 1 aromatic carbocycles. The maximum absolute atomic E-state index is 13.7. The van der Waals surface area contributed by atoms with Crippen LogP contribution in [0.3, 0.4) is 0 Å². The summed E-state index contributed by atoms with van der Waals surface area (Å²) in [4.78, 5) is 2.12. The highest BCUT2D eigenvalue weighted by Crippen LogP contribution is 2.19. The molecule has 0 unspecified atom stereocenters. The third-order valence-electron chi connectivity index (χ3n) is 3.12. The van der Waals surface area contributed by atoms with Crippen LogP contribution in [0.4, 0.5) is 4.39 Å². The molecule has 3 N–H and O–H groups in total. The van der Waals surface area contributed by atoms with Crippen LogP contribution in [0.15, 0.2) is 23.4 Å². The molecule has 0 aromatic heterocycles. The van der Waals surface area contributed by atoms with Crippen molar-refractivity contribution in [1.82, 2.24) is 4.90 Å². The number of ether oxygens (including phenoxy) is 1. The lowest BCUT2D eigenvalue weighted by molar-refractivity contribution is 0.217. The minimum Gasteiger partial charge on any atom is -0.494 e. The molecule has 0 aliphatic carbocycles. The highest BCUT2D eigenvalue weighted by molar-refractivity contribution is 5.79. The van der Waals surface area contributed by atoms with Crippen molar-refractivity contribution in [3.05, 3.63) is 29.6 Å². The van der Waals surface area contributed by atoms with Gasteiger partial charge in [-0.05, 0) is 31.5 Å². The summed E-state index contributed by atoms with van der Waals surface area (Å²) in [6.07, 6.45) is 0.466. The number of hydrogen-bond acceptors (Lipinski definition) is 4. The lowest BCUT2D eigenvalue weighted by Gasteiger charge is -2.26. The average molecular weight is 283 g/mol. The zero-order valence-corrected chi connectivity index (χ0v) is 12.1. The topological polar surface area (TPSA) is 71.1 Å². The minimum absolute atomic E-state index is 0.191. The van der Waals surface area contributed by atoms with E-state index in [0.29, 0.717) is 19.5 Å². The van der Waals surface area contributed by atoms with E-state index in [4.69, 9.17) is 15.7 Å². The fourth-order valence-electron chi connectivity index (χ4n) is 1.87. The molecule has 0 fully saturated rings. The zero-order chi connectivity index (χ0) is 15.1. The summed E-state index contributed by atoms with van der Waals surface area (Å²) in [5.41, 5.74) is 6.33. The first-order chi connectivity index (χ1) is 9.47. The minimum atomic E-state index is -0.370. The molecule has 1 aromatic rings. The van der Waals surface area contributed by atoms with E-state index in [-0.39, 0.29) is 23.4 Å². The maximum Gasteiger partial charge on any atom is 0.165 e. The Morgan fingerprint density at radius 2 is 2.20 bits per heavy atom. The van der Waals surface area contributed by atoms with Gasteiger partial charge < -0.3 is 15.7 Å². The molecular formula is C14H22FN3O2. The summed E-state index contributed by atoms with van der Waals surface area (Å²) in [5, 5.41) is 11.5. The van der Waals surface area contributed by atoms with Crippen LogP contribution in [-0.4, -0.2) is 35.6 Å². The fourth-order valence-corrected chi connectivity index (χ4v) is 1.87. The van der Waals surface area contributed by atoms with Gasteiger partial charge in [-0.25, -0.2) is 4.39 Å². The number of hydrogen-bond donors (Lipinski definition) is 2. The van der Waals surface area contributed by atoms with Gasteiger partial charge >= 0.3 is 0 Å². The molecule has 0 atom stereocenters. The van der Waals surface area contributed by atoms with Gasteiger partial charge in [-0.3, -0.25) is 4.90 Å². The van der Waals surface area contributed by atoms with Crippen LogP contribution in [-0.2, 0) is 6.54 Å². The standard InChI is InChI=1S/C14H22FN3O2/c1-10(2)18(7-6-14(16)17-19)9-11-4-5-13(20-3)12(15)8-11/h4-5,8,10,19H,6-7,9H2,1-3H3,(H2,16,17). The Morgan fingerprint density at radius 1 is 1.50 bits per heavy atom. The summed E-state index contributed by atoms with van der Waals surface area (Å²) < 4.78 is 18.6. The Bertz CT molecular complexity index is 464. The Labute approximate surface area is 118 Å². The Balaban J connectivity index is 2.72. The number of methoxy groups -OCH3 is 1. The van der Waals surface area contributed by atoms with E-state index in [2.05, 4.69) is 10.1 Å². The molecule has 0 amide bonds. The second-order valence-corrected chi connectivity index (χ2v) is 4.87. The zero-order valence-electron chi connectivity index (χ0n) is 12.1. The SMILES string of the molecule is COc1ccc(CN(CCC(N)=NO)C(C)C)cc1F. The van der Waals surface area contributed by atoms with Gasteiger partial charge in [0.05, 0.1) is 7.11 Å². The summed E-state index contributed by atoms with van der Waals surface area (Å²) in [6, 6.07) is 5.19. The third kappa shape index (κ3) is 4.70. The van der Waals surface area contributed by atoms with Gasteiger partial charge in [0.25, 0.3) is 0 Å². The molecule has 0 saturated heterocycles. The van der Waals surface area contributed by atoms with Gasteiger partial charge in [-0.2, -0.15) is 0 Å². The molecule has 0 bridgehead atoms. The summed E-state index contributed by atoms with van der Waals surface area (Å²) in [5.74, 6) is 0.0585. The third-order valence-corrected chi connectivity index (χ3v) is 3.12. The van der Waals surface area contributed by atoms with E-state index < -0.39 is 0 Å². The average Bonchev–Trinajstić information content (AvgIpc) is 2.42. The van der Waals surface area contributed by atoms with Gasteiger partial charge in [-0.15, -0.1) is 0 Å². The van der Waals surface area contributed by atoms with Gasteiger partial charge in [-0.1, -0.05) is 11.2 Å². The van der Waals surface area contributed by atoms with Gasteiger partial charge in [0, 0.05) is 25.6 Å². The molecule has 6 heteroatoms. The normalized spacial score (nSPS) is 12.2. The van der Waals surface area contributed by atoms with Crippen LogP contribution in [0.1, 0.15) is 25.8 Å². The maximum atomic E-state index is 13.7. The molecular weight excluding hydrogens is 261 g/mol. The Kier molecular flexibility index (Phi) is 6.24. The van der Waals surface area contributed by atoms with Gasteiger partial charge in [0.1, 0.15) is 5.84 Å². The molecule has 0 saturated carbocycles. The van der Waals surface area contributed by atoms with E-state index in [0.717, 1.165) is 5.56 Å². The molecule has 0 spiro atoms. The number of benzene rings is 1. The van der Waals surface area contributed by atoms with Crippen LogP contribution in [0.5, 0.6) is 5.75 Å². The smallest absolute Gasteiger partial charge is 0.165 e. The number of nitrogens with zero attached hydrogens (tertiary/aromatic N) is 2. The second-order valence-electron chi connectivity index (χ2n) is 4.87. The second kappa shape index (κ2) is 7.69. The van der Waals surface area contributed by atoms with Crippen molar-refractivity contribution in [3.63, 3.8) is 0 Å². The molecule has 0 heterocycles. The van der Waals surface area contributed by atoms with E-state index in [9.17, 15) is 4.39 Å². The first-order valence-corrected chi connectivity index (χ1v) is 6.50. The number of rotatable bonds is 7. The molecule has 5 nitrogen and oxygen atoms in total. The predicted octanol–water partition coefficient (Wildman–Crippen LogP) is 2.18.